The summed E-state index contributed by atoms with van der Waals surface area (Å²) in [6.07, 6.45) is 6.02. The van der Waals surface area contributed by atoms with E-state index in [9.17, 15) is 4.79 Å². The third-order valence-electron chi connectivity index (χ3n) is 8.72. The van der Waals surface area contributed by atoms with Crippen molar-refractivity contribution >= 4 is 5.97 Å². The van der Waals surface area contributed by atoms with Gasteiger partial charge in [0, 0.05) is 5.92 Å². The van der Waals surface area contributed by atoms with Gasteiger partial charge in [-0.3, -0.25) is 4.79 Å². The second-order valence-electron chi connectivity index (χ2n) is 10.3. The molecule has 3 heterocycles. The Labute approximate surface area is 162 Å². The zero-order valence-electron chi connectivity index (χ0n) is 16.7. The lowest BCUT2D eigenvalue weighted by atomic mass is 9.53. The fraction of sp³-hybridized carbons (Fsp3) is 0.952. The molecule has 5 fully saturated rings. The minimum Gasteiger partial charge on any atom is -0.462 e. The van der Waals surface area contributed by atoms with Crippen LogP contribution in [0.5, 0.6) is 0 Å². The predicted molar refractivity (Wildman–Crippen MR) is 98.4 cm³/mol. The molecule has 5 aliphatic rings. The number of carbonyl (C=O) groups is 1. The van der Waals surface area contributed by atoms with Gasteiger partial charge in [-0.1, -0.05) is 6.92 Å². The summed E-state index contributed by atoms with van der Waals surface area (Å²) in [6, 6.07) is 0. The van der Waals surface area contributed by atoms with Gasteiger partial charge in [0.1, 0.15) is 44.7 Å². The third-order valence-corrected chi connectivity index (χ3v) is 8.72. The van der Waals surface area contributed by atoms with Gasteiger partial charge in [0.25, 0.3) is 0 Å². The van der Waals surface area contributed by atoms with Crippen molar-refractivity contribution < 1.29 is 29.2 Å². The summed E-state index contributed by atoms with van der Waals surface area (Å²) in [4.78, 5) is 15.8. The van der Waals surface area contributed by atoms with Gasteiger partial charge >= 0.3 is 5.97 Å². The highest BCUT2D eigenvalue weighted by Gasteiger charge is 2.65. The first-order valence-corrected chi connectivity index (χ1v) is 11.2. The highest BCUT2D eigenvalue weighted by atomic mass is 16.6. The Morgan fingerprint density at radius 1 is 1.19 bits per heavy atom. The molecule has 5 rings (SSSR count). The average Bonchev–Trinajstić information content (AvgIpc) is 3.34. The van der Waals surface area contributed by atoms with Crippen molar-refractivity contribution in [2.75, 3.05) is 52.5 Å². The zero-order valence-corrected chi connectivity index (χ0v) is 16.7. The molecule has 0 aromatic heterocycles. The Balaban J connectivity index is 1.26. The van der Waals surface area contributed by atoms with Crippen LogP contribution in [-0.2, 0) is 14.3 Å². The van der Waals surface area contributed by atoms with Gasteiger partial charge in [-0.15, -0.1) is 0 Å². The van der Waals surface area contributed by atoms with Gasteiger partial charge in [-0.05, 0) is 43.4 Å². The molecule has 0 amide bonds. The fourth-order valence-electron chi connectivity index (χ4n) is 7.07. The monoisotopic (exact) mass is 380 g/mol. The normalized spacial score (nSPS) is 51.6. The number of piperazine rings is 1. The van der Waals surface area contributed by atoms with Crippen molar-refractivity contribution in [2.45, 2.75) is 50.7 Å². The summed E-state index contributed by atoms with van der Waals surface area (Å²) in [5, 5.41) is 9.14. The third kappa shape index (κ3) is 3.13. The van der Waals surface area contributed by atoms with Crippen molar-refractivity contribution in [3.8, 4) is 0 Å². The molecule has 2 saturated carbocycles. The Bertz CT molecular complexity index is 587. The second kappa shape index (κ2) is 6.68. The van der Waals surface area contributed by atoms with Crippen LogP contribution >= 0.6 is 0 Å². The highest BCUT2D eigenvalue weighted by Crippen LogP contribution is 2.62. The fourth-order valence-corrected chi connectivity index (χ4v) is 7.07. The van der Waals surface area contributed by atoms with Crippen LogP contribution in [0.1, 0.15) is 39.0 Å². The first-order valence-electron chi connectivity index (χ1n) is 11.2. The topological polar surface area (TPSA) is 67.9 Å². The number of epoxide rings is 1. The van der Waals surface area contributed by atoms with Gasteiger partial charge in [0.15, 0.2) is 0 Å². The van der Waals surface area contributed by atoms with Crippen LogP contribution in [0.4, 0.5) is 0 Å². The molecule has 2 aliphatic carbocycles. The molecule has 3 aliphatic heterocycles. The first kappa shape index (κ1) is 18.3. The number of fused-ring (bicyclic) bond motifs is 3. The van der Waals surface area contributed by atoms with E-state index in [1.807, 2.05) is 0 Å². The number of nitrogens with one attached hydrogen (secondary N) is 2. The van der Waals surface area contributed by atoms with Gasteiger partial charge in [0.2, 0.25) is 0 Å². The molecule has 0 bridgehead atoms. The van der Waals surface area contributed by atoms with E-state index in [0.29, 0.717) is 11.8 Å². The smallest absolute Gasteiger partial charge is 0.315 e. The van der Waals surface area contributed by atoms with Gasteiger partial charge in [-0.25, -0.2) is 0 Å². The number of ether oxygens (including phenoxy) is 2. The molecule has 152 valence electrons. The van der Waals surface area contributed by atoms with E-state index in [0.717, 1.165) is 58.7 Å². The lowest BCUT2D eigenvalue weighted by Crippen LogP contribution is -3.28. The molecular formula is C21H36N2O4+2. The van der Waals surface area contributed by atoms with E-state index in [1.54, 1.807) is 4.90 Å². The summed E-state index contributed by atoms with van der Waals surface area (Å²) in [7, 11) is 0. The number of esters is 1. The maximum Gasteiger partial charge on any atom is 0.315 e. The summed E-state index contributed by atoms with van der Waals surface area (Å²) in [5.41, 5.74) is 0.428. The maximum absolute atomic E-state index is 12.8. The van der Waals surface area contributed by atoms with E-state index in [1.165, 1.54) is 24.2 Å². The molecule has 27 heavy (non-hydrogen) atoms. The van der Waals surface area contributed by atoms with Crippen molar-refractivity contribution in [1.82, 2.24) is 0 Å². The Kier molecular flexibility index (Phi) is 4.54. The van der Waals surface area contributed by atoms with Gasteiger partial charge in [-0.2, -0.15) is 0 Å². The van der Waals surface area contributed by atoms with E-state index in [4.69, 9.17) is 14.6 Å². The minimum absolute atomic E-state index is 0.0654. The molecule has 6 nitrogen and oxygen atoms in total. The molecule has 6 atom stereocenters. The summed E-state index contributed by atoms with van der Waals surface area (Å²) < 4.78 is 12.0. The van der Waals surface area contributed by atoms with Crippen LogP contribution in [0.25, 0.3) is 0 Å². The van der Waals surface area contributed by atoms with Gasteiger partial charge < -0.3 is 24.4 Å². The molecule has 0 aromatic rings. The summed E-state index contributed by atoms with van der Waals surface area (Å²) in [5.74, 6) is 1.14. The standard InChI is InChI=1S/C21H34N2O4/c1-20-3-2-4-21(14-26-21)18(20)11-15-16(19(25)27-17(15)12-20)13-23-7-5-22(6-8-23)9-10-24/h15-18,24H,2-14H2,1H3/p+2/t15-,16-,17-,18-,20-,21+/m1/s1. The SMILES string of the molecule is C[C@]12CCC[C@]3(CO3)[C@@H]1C[C@H]1[C@@H](C2)OC(=O)[C@@H]1C[NH+]1CC[NH+](CCO)CC1. The minimum atomic E-state index is 0.0654. The van der Waals surface area contributed by atoms with Crippen molar-refractivity contribution in [3.63, 3.8) is 0 Å². The predicted octanol–water partition coefficient (Wildman–Crippen LogP) is -1.71. The second-order valence-corrected chi connectivity index (χ2v) is 10.3. The van der Waals surface area contributed by atoms with Gasteiger partial charge in [0.05, 0.1) is 25.4 Å². The Morgan fingerprint density at radius 2 is 1.93 bits per heavy atom. The first-order chi connectivity index (χ1) is 13.0. The molecule has 0 unspecified atom stereocenters. The maximum atomic E-state index is 12.8. The number of hydrogen-bond acceptors (Lipinski definition) is 4. The highest BCUT2D eigenvalue weighted by molar-refractivity contribution is 5.75. The van der Waals surface area contributed by atoms with Crippen LogP contribution in [0, 0.1) is 23.2 Å². The van der Waals surface area contributed by atoms with E-state index >= 15 is 0 Å². The number of rotatable bonds is 4. The number of aliphatic hydroxyl groups excluding tert-OH is 1. The Morgan fingerprint density at radius 3 is 2.63 bits per heavy atom. The Hall–Kier alpha value is -0.690. The molecule has 1 spiro atoms. The lowest BCUT2D eigenvalue weighted by molar-refractivity contribution is -1.01. The number of aliphatic hydroxyl groups is 1. The quantitative estimate of drug-likeness (QED) is 0.401. The molecular weight excluding hydrogens is 344 g/mol. The van der Waals surface area contributed by atoms with Crippen molar-refractivity contribution in [3.05, 3.63) is 0 Å². The lowest BCUT2D eigenvalue weighted by Gasteiger charge is -2.51. The van der Waals surface area contributed by atoms with Crippen molar-refractivity contribution in [1.29, 1.82) is 0 Å². The number of carbonyl (C=O) groups excluding carboxylic acids is 1. The average molecular weight is 381 g/mol. The zero-order chi connectivity index (χ0) is 18.6. The molecule has 0 radical (unpaired) electrons. The summed E-state index contributed by atoms with van der Waals surface area (Å²) in [6.45, 7) is 9.82. The number of hydrogen-bond donors (Lipinski definition) is 3. The largest absolute Gasteiger partial charge is 0.462 e. The van der Waals surface area contributed by atoms with Crippen LogP contribution in [0.15, 0.2) is 0 Å². The molecule has 0 aromatic carbocycles. The van der Waals surface area contributed by atoms with Crippen LogP contribution < -0.4 is 9.80 Å². The van der Waals surface area contributed by atoms with Crippen LogP contribution in [0.3, 0.4) is 0 Å². The molecule has 3 saturated heterocycles. The summed E-state index contributed by atoms with van der Waals surface area (Å²) >= 11 is 0. The number of quaternary nitrogens is 2. The van der Waals surface area contributed by atoms with Crippen LogP contribution in [0.2, 0.25) is 0 Å². The van der Waals surface area contributed by atoms with Crippen molar-refractivity contribution in [2.24, 2.45) is 23.2 Å². The molecule has 6 heteroatoms. The van der Waals surface area contributed by atoms with E-state index in [-0.39, 0.29) is 35.6 Å². The molecule has 3 N–H and O–H groups in total. The van der Waals surface area contributed by atoms with Crippen LogP contribution in [-0.4, -0.2) is 75.3 Å². The van der Waals surface area contributed by atoms with E-state index in [2.05, 4.69) is 6.92 Å². The van der Waals surface area contributed by atoms with E-state index < -0.39 is 0 Å².